The molecule has 0 aliphatic carbocycles. The van der Waals surface area contributed by atoms with Crippen LogP contribution >= 0.6 is 0 Å². The topological polar surface area (TPSA) is 87.5 Å². The minimum atomic E-state index is -4.08. The van der Waals surface area contributed by atoms with Gasteiger partial charge in [-0.25, -0.2) is 17.2 Å². The lowest BCUT2D eigenvalue weighted by molar-refractivity contribution is -0.166. The van der Waals surface area contributed by atoms with Crippen LogP contribution in [0.3, 0.4) is 0 Å². The summed E-state index contributed by atoms with van der Waals surface area (Å²) in [4.78, 5) is 11.3. The molecule has 1 aromatic rings. The zero-order valence-electron chi connectivity index (χ0n) is 12.2. The molecule has 6 nitrogen and oxygen atoms in total. The van der Waals surface area contributed by atoms with E-state index in [0.29, 0.717) is 0 Å². The van der Waals surface area contributed by atoms with E-state index in [0.717, 1.165) is 17.5 Å². The molecule has 1 atom stereocenters. The number of piperidine rings is 1. The molecule has 1 aromatic carbocycles. The minimum Gasteiger partial charge on any atom is -0.469 e. The Kier molecular flexibility index (Phi) is 4.68. The molecule has 0 spiro atoms. The molecule has 9 heteroatoms. The molecular formula is C14H14F2N2O4S. The van der Waals surface area contributed by atoms with E-state index < -0.39 is 47.3 Å². The first-order valence-electron chi connectivity index (χ1n) is 6.68. The van der Waals surface area contributed by atoms with Gasteiger partial charge < -0.3 is 4.74 Å². The van der Waals surface area contributed by atoms with Gasteiger partial charge in [-0.2, -0.15) is 9.57 Å². The van der Waals surface area contributed by atoms with Crippen molar-refractivity contribution in [3.8, 4) is 6.07 Å². The summed E-state index contributed by atoms with van der Waals surface area (Å²) in [7, 11) is -3.10. The van der Waals surface area contributed by atoms with Crippen molar-refractivity contribution in [3.63, 3.8) is 0 Å². The number of hydrogen-bond acceptors (Lipinski definition) is 5. The number of halogens is 2. The van der Waals surface area contributed by atoms with Gasteiger partial charge in [0.25, 0.3) is 5.92 Å². The Hall–Kier alpha value is -2.05. The van der Waals surface area contributed by atoms with E-state index in [1.807, 2.05) is 6.07 Å². The quantitative estimate of drug-likeness (QED) is 0.773. The molecule has 0 amide bonds. The van der Waals surface area contributed by atoms with E-state index >= 15 is 0 Å². The van der Waals surface area contributed by atoms with Gasteiger partial charge in [0.15, 0.2) is 0 Å². The summed E-state index contributed by atoms with van der Waals surface area (Å²) in [5.74, 6) is -6.33. The Bertz CT molecular complexity index is 758. The van der Waals surface area contributed by atoms with Crippen molar-refractivity contribution in [2.24, 2.45) is 5.92 Å². The van der Waals surface area contributed by atoms with Crippen LogP contribution in [-0.4, -0.2) is 44.8 Å². The summed E-state index contributed by atoms with van der Waals surface area (Å²) < 4.78 is 57.9. The largest absolute Gasteiger partial charge is 0.469 e. The lowest BCUT2D eigenvalue weighted by atomic mass is 9.95. The number of nitrogens with zero attached hydrogens (tertiary/aromatic N) is 2. The van der Waals surface area contributed by atoms with Gasteiger partial charge in [0.2, 0.25) is 10.0 Å². The Morgan fingerprint density at radius 3 is 2.78 bits per heavy atom. The average Bonchev–Trinajstić information content (AvgIpc) is 2.53. The fraction of sp³-hybridized carbons (Fsp3) is 0.429. The second-order valence-electron chi connectivity index (χ2n) is 5.09. The van der Waals surface area contributed by atoms with Crippen LogP contribution < -0.4 is 0 Å². The second-order valence-corrected chi connectivity index (χ2v) is 7.03. The van der Waals surface area contributed by atoms with Crippen LogP contribution in [0.2, 0.25) is 0 Å². The summed E-state index contributed by atoms with van der Waals surface area (Å²) in [6.07, 6.45) is -0.774. The van der Waals surface area contributed by atoms with E-state index in [-0.39, 0.29) is 10.5 Å². The zero-order valence-corrected chi connectivity index (χ0v) is 13.0. The fourth-order valence-electron chi connectivity index (χ4n) is 2.36. The van der Waals surface area contributed by atoms with E-state index in [9.17, 15) is 22.0 Å². The molecule has 1 heterocycles. The van der Waals surface area contributed by atoms with Gasteiger partial charge in [0.05, 0.1) is 23.6 Å². The number of alkyl halides is 2. The van der Waals surface area contributed by atoms with Gasteiger partial charge in [-0.1, -0.05) is 6.07 Å². The van der Waals surface area contributed by atoms with Gasteiger partial charge in [0.1, 0.15) is 5.92 Å². The predicted octanol–water partition coefficient (Wildman–Crippen LogP) is 1.38. The van der Waals surface area contributed by atoms with Gasteiger partial charge in [0, 0.05) is 19.5 Å². The number of ether oxygens (including phenoxy) is 1. The zero-order chi connectivity index (χ0) is 17.3. The van der Waals surface area contributed by atoms with E-state index in [4.69, 9.17) is 5.26 Å². The van der Waals surface area contributed by atoms with Crippen LogP contribution in [0.15, 0.2) is 29.2 Å². The van der Waals surface area contributed by atoms with Crippen LogP contribution in [0.1, 0.15) is 12.0 Å². The highest BCUT2D eigenvalue weighted by atomic mass is 32.2. The number of hydrogen-bond donors (Lipinski definition) is 0. The predicted molar refractivity (Wildman–Crippen MR) is 75.0 cm³/mol. The molecule has 1 saturated heterocycles. The molecule has 124 valence electrons. The minimum absolute atomic E-state index is 0.137. The van der Waals surface area contributed by atoms with Crippen LogP contribution in [0.4, 0.5) is 8.78 Å². The summed E-state index contributed by atoms with van der Waals surface area (Å²) in [6.45, 7) is -1.08. The highest BCUT2D eigenvalue weighted by Crippen LogP contribution is 2.36. The summed E-state index contributed by atoms with van der Waals surface area (Å²) >= 11 is 0. The summed E-state index contributed by atoms with van der Waals surface area (Å²) in [5, 5.41) is 8.83. The Balaban J connectivity index is 2.34. The number of methoxy groups -OCH3 is 1. The van der Waals surface area contributed by atoms with Crippen molar-refractivity contribution in [1.29, 1.82) is 5.26 Å². The number of carbonyl (C=O) groups is 1. The third-order valence-corrected chi connectivity index (χ3v) is 5.54. The number of benzene rings is 1. The smallest absolute Gasteiger partial charge is 0.316 e. The van der Waals surface area contributed by atoms with Crippen molar-refractivity contribution in [2.45, 2.75) is 17.2 Å². The van der Waals surface area contributed by atoms with Crippen molar-refractivity contribution in [3.05, 3.63) is 29.8 Å². The molecule has 0 saturated carbocycles. The average molecular weight is 344 g/mol. The molecule has 2 rings (SSSR count). The number of esters is 1. The Labute approximate surface area is 132 Å². The molecule has 0 aromatic heterocycles. The van der Waals surface area contributed by atoms with E-state index in [1.165, 1.54) is 18.2 Å². The first-order valence-corrected chi connectivity index (χ1v) is 8.12. The molecule has 0 N–H and O–H groups in total. The lowest BCUT2D eigenvalue weighted by Crippen LogP contribution is -2.52. The normalized spacial score (nSPS) is 21.4. The Morgan fingerprint density at radius 2 is 2.17 bits per heavy atom. The van der Waals surface area contributed by atoms with Crippen LogP contribution in [0, 0.1) is 17.2 Å². The SMILES string of the molecule is COC(=O)C1CN(S(=O)(=O)c2cccc(C#N)c2)CCC1(F)F. The monoisotopic (exact) mass is 344 g/mol. The van der Waals surface area contributed by atoms with Gasteiger partial charge in [-0.05, 0) is 18.2 Å². The Morgan fingerprint density at radius 1 is 1.48 bits per heavy atom. The van der Waals surface area contributed by atoms with Gasteiger partial charge in [-0.3, -0.25) is 4.79 Å². The maximum Gasteiger partial charge on any atom is 0.316 e. The third kappa shape index (κ3) is 3.33. The first kappa shape index (κ1) is 17.3. The van der Waals surface area contributed by atoms with Crippen molar-refractivity contribution in [2.75, 3.05) is 20.2 Å². The molecule has 0 radical (unpaired) electrons. The van der Waals surface area contributed by atoms with Crippen molar-refractivity contribution >= 4 is 16.0 Å². The van der Waals surface area contributed by atoms with Crippen LogP contribution in [-0.2, 0) is 19.6 Å². The lowest BCUT2D eigenvalue weighted by Gasteiger charge is -2.35. The maximum absolute atomic E-state index is 13.8. The van der Waals surface area contributed by atoms with Gasteiger partial charge in [-0.15, -0.1) is 0 Å². The van der Waals surface area contributed by atoms with Crippen LogP contribution in [0.25, 0.3) is 0 Å². The van der Waals surface area contributed by atoms with E-state index in [1.54, 1.807) is 0 Å². The van der Waals surface area contributed by atoms with Crippen LogP contribution in [0.5, 0.6) is 0 Å². The number of sulfonamides is 1. The van der Waals surface area contributed by atoms with Crippen molar-refractivity contribution in [1.82, 2.24) is 4.31 Å². The molecule has 1 aliphatic heterocycles. The molecule has 1 unspecified atom stereocenters. The highest BCUT2D eigenvalue weighted by Gasteiger charge is 2.51. The molecule has 1 aliphatic rings. The van der Waals surface area contributed by atoms with Crippen molar-refractivity contribution < 1.29 is 26.7 Å². The molecule has 23 heavy (non-hydrogen) atoms. The fourth-order valence-corrected chi connectivity index (χ4v) is 3.86. The highest BCUT2D eigenvalue weighted by molar-refractivity contribution is 7.89. The second kappa shape index (κ2) is 6.22. The molecular weight excluding hydrogens is 330 g/mol. The number of carbonyl (C=O) groups excluding carboxylic acids is 1. The third-order valence-electron chi connectivity index (χ3n) is 3.68. The number of rotatable bonds is 3. The molecule has 0 bridgehead atoms. The summed E-state index contributed by atoms with van der Waals surface area (Å²) in [5.41, 5.74) is 0.137. The summed E-state index contributed by atoms with van der Waals surface area (Å²) in [6, 6.07) is 7.07. The maximum atomic E-state index is 13.8. The standard InChI is InChI=1S/C14H14F2N2O4S/c1-22-13(19)12-9-18(6-5-14(12,15)16)23(20,21)11-4-2-3-10(7-11)8-17/h2-4,7,12H,5-6,9H2,1H3. The molecule has 1 fully saturated rings. The van der Waals surface area contributed by atoms with Gasteiger partial charge >= 0.3 is 5.97 Å². The first-order chi connectivity index (χ1) is 10.7. The van der Waals surface area contributed by atoms with E-state index in [2.05, 4.69) is 4.74 Å². The number of nitriles is 1.